The number of benzene rings is 1. The molecule has 1 aromatic heterocycles. The molecule has 3 rings (SSSR count). The third kappa shape index (κ3) is 3.71. The molecule has 2 aromatic rings. The van der Waals surface area contributed by atoms with Crippen LogP contribution in [0.5, 0.6) is 5.75 Å². The topological polar surface area (TPSA) is 89.6 Å². The Balaban J connectivity index is 1.73. The van der Waals surface area contributed by atoms with E-state index < -0.39 is 5.91 Å². The van der Waals surface area contributed by atoms with E-state index in [2.05, 4.69) is 15.5 Å². The van der Waals surface area contributed by atoms with Crippen molar-refractivity contribution >= 4 is 58.7 Å². The van der Waals surface area contributed by atoms with Gasteiger partial charge in [0.15, 0.2) is 10.8 Å². The summed E-state index contributed by atoms with van der Waals surface area (Å²) >= 11 is 17.6. The van der Waals surface area contributed by atoms with Gasteiger partial charge >= 0.3 is 0 Å². The minimum atomic E-state index is -0.663. The molecule has 0 radical (unpaired) electrons. The van der Waals surface area contributed by atoms with Crippen LogP contribution in [-0.2, 0) is 0 Å². The van der Waals surface area contributed by atoms with E-state index in [0.717, 1.165) is 16.9 Å². The maximum atomic E-state index is 12.1. The lowest BCUT2D eigenvalue weighted by Gasteiger charge is -2.15. The highest BCUT2D eigenvalue weighted by Crippen LogP contribution is 2.34. The summed E-state index contributed by atoms with van der Waals surface area (Å²) in [6.45, 7) is 0.342. The van der Waals surface area contributed by atoms with Crippen LogP contribution in [0.1, 0.15) is 16.1 Å². The second kappa shape index (κ2) is 7.31. The van der Waals surface area contributed by atoms with Crippen molar-refractivity contribution < 1.29 is 9.53 Å². The highest BCUT2D eigenvalue weighted by molar-refractivity contribution is 6.46. The molecule has 0 unspecified atom stereocenters. The molecule has 0 bridgehead atoms. The Kier molecular flexibility index (Phi) is 5.13. The predicted octanol–water partition coefficient (Wildman–Crippen LogP) is 3.82. The molecule has 6 nitrogen and oxygen atoms in total. The van der Waals surface area contributed by atoms with E-state index in [4.69, 9.17) is 45.3 Å². The standard InChI is InChI=1S/C16H11Cl3N4O2/c17-11-13(20)12(18)15(19)22-14(11)16(24)23-21-6-8-5-9-3-1-2-4-10(9)25-7-8/h1-6H,7H2,(H2,20,22)(H,23,24). The average molecular weight is 398 g/mol. The highest BCUT2D eigenvalue weighted by Gasteiger charge is 2.19. The maximum absolute atomic E-state index is 12.1. The van der Waals surface area contributed by atoms with E-state index in [9.17, 15) is 4.79 Å². The molecule has 3 N–H and O–H groups in total. The van der Waals surface area contributed by atoms with Gasteiger partial charge in [-0.05, 0) is 12.1 Å². The van der Waals surface area contributed by atoms with E-state index in [0.29, 0.717) is 6.61 Å². The van der Waals surface area contributed by atoms with Crippen molar-refractivity contribution in [2.24, 2.45) is 5.10 Å². The Labute approximate surface area is 158 Å². The number of carbonyl (C=O) groups excluding carboxylic acids is 1. The monoisotopic (exact) mass is 396 g/mol. The van der Waals surface area contributed by atoms with Crippen molar-refractivity contribution in [3.63, 3.8) is 0 Å². The summed E-state index contributed by atoms with van der Waals surface area (Å²) in [6, 6.07) is 7.60. The van der Waals surface area contributed by atoms with Crippen LogP contribution >= 0.6 is 34.8 Å². The zero-order valence-electron chi connectivity index (χ0n) is 12.6. The van der Waals surface area contributed by atoms with Crippen molar-refractivity contribution in [2.45, 2.75) is 0 Å². The molecule has 2 heterocycles. The number of carbonyl (C=O) groups is 1. The predicted molar refractivity (Wildman–Crippen MR) is 99.6 cm³/mol. The first-order chi connectivity index (χ1) is 12.0. The molecule has 1 aromatic carbocycles. The minimum absolute atomic E-state index is 0.00473. The van der Waals surface area contributed by atoms with Crippen LogP contribution in [0.3, 0.4) is 0 Å². The molecule has 0 spiro atoms. The van der Waals surface area contributed by atoms with Crippen molar-refractivity contribution in [1.82, 2.24) is 10.4 Å². The molecule has 1 aliphatic rings. The number of nitrogens with two attached hydrogens (primary N) is 1. The van der Waals surface area contributed by atoms with Gasteiger partial charge in [-0.2, -0.15) is 5.10 Å². The molecule has 9 heteroatoms. The van der Waals surface area contributed by atoms with Crippen LogP contribution in [-0.4, -0.2) is 23.7 Å². The molecule has 0 saturated carbocycles. The number of aromatic nitrogens is 1. The normalized spacial score (nSPS) is 13.2. The second-order valence-corrected chi connectivity index (χ2v) is 6.15. The van der Waals surface area contributed by atoms with E-state index in [1.54, 1.807) is 0 Å². The van der Waals surface area contributed by atoms with E-state index >= 15 is 0 Å². The number of hydrogen-bond acceptors (Lipinski definition) is 5. The molecular weight excluding hydrogens is 387 g/mol. The number of amides is 1. The van der Waals surface area contributed by atoms with Gasteiger partial charge in [-0.25, -0.2) is 10.4 Å². The van der Waals surface area contributed by atoms with Crippen LogP contribution in [0.25, 0.3) is 6.08 Å². The van der Waals surface area contributed by atoms with E-state index in [1.165, 1.54) is 6.21 Å². The number of pyridine rings is 1. The zero-order valence-corrected chi connectivity index (χ0v) is 14.9. The van der Waals surface area contributed by atoms with Gasteiger partial charge in [-0.15, -0.1) is 0 Å². The van der Waals surface area contributed by atoms with Gasteiger partial charge in [-0.1, -0.05) is 53.0 Å². The quantitative estimate of drug-likeness (QED) is 0.468. The van der Waals surface area contributed by atoms with Gasteiger partial charge in [0, 0.05) is 11.1 Å². The number of hydrogen-bond donors (Lipinski definition) is 2. The van der Waals surface area contributed by atoms with Crippen molar-refractivity contribution in [3.8, 4) is 5.75 Å². The highest BCUT2D eigenvalue weighted by atomic mass is 35.5. The molecular formula is C16H11Cl3N4O2. The molecule has 1 amide bonds. The van der Waals surface area contributed by atoms with Gasteiger partial charge in [-0.3, -0.25) is 4.79 Å². The Hall–Kier alpha value is -2.28. The fraction of sp³-hybridized carbons (Fsp3) is 0.0625. The summed E-state index contributed by atoms with van der Waals surface area (Å²) in [5.74, 6) is 0.134. The van der Waals surface area contributed by atoms with E-state index in [-0.39, 0.29) is 26.6 Å². The van der Waals surface area contributed by atoms with Gasteiger partial charge in [0.25, 0.3) is 5.91 Å². The first-order valence-electron chi connectivity index (χ1n) is 7.03. The molecule has 25 heavy (non-hydrogen) atoms. The summed E-state index contributed by atoms with van der Waals surface area (Å²) in [7, 11) is 0. The Bertz CT molecular complexity index is 912. The number of para-hydroxylation sites is 1. The largest absolute Gasteiger partial charge is 0.488 e. The third-order valence-corrected chi connectivity index (χ3v) is 4.47. The van der Waals surface area contributed by atoms with Gasteiger partial charge < -0.3 is 10.5 Å². The summed E-state index contributed by atoms with van der Waals surface area (Å²) in [6.07, 6.45) is 3.39. The number of fused-ring (bicyclic) bond motifs is 1. The molecule has 0 saturated heterocycles. The van der Waals surface area contributed by atoms with Crippen molar-refractivity contribution in [2.75, 3.05) is 12.3 Å². The Morgan fingerprint density at radius 3 is 2.84 bits per heavy atom. The van der Waals surface area contributed by atoms with Gasteiger partial charge in [0.2, 0.25) is 0 Å². The fourth-order valence-corrected chi connectivity index (χ4v) is 2.71. The van der Waals surface area contributed by atoms with Crippen LogP contribution < -0.4 is 15.9 Å². The molecule has 1 aliphatic heterocycles. The van der Waals surface area contributed by atoms with Crippen LogP contribution in [0, 0.1) is 0 Å². The number of nitrogen functional groups attached to an aromatic ring is 1. The minimum Gasteiger partial charge on any atom is -0.488 e. The SMILES string of the molecule is Nc1c(Cl)c(Cl)nc(C(=O)NN=CC2=Cc3ccccc3OC2)c1Cl. The summed E-state index contributed by atoms with van der Waals surface area (Å²) in [5, 5.41) is 3.67. The number of rotatable bonds is 3. The lowest BCUT2D eigenvalue weighted by molar-refractivity contribution is 0.0950. The average Bonchev–Trinajstić information content (AvgIpc) is 2.62. The Morgan fingerprint density at radius 1 is 1.28 bits per heavy atom. The van der Waals surface area contributed by atoms with Crippen molar-refractivity contribution in [3.05, 3.63) is 56.3 Å². The number of ether oxygens (including phenoxy) is 1. The molecule has 0 atom stereocenters. The first-order valence-corrected chi connectivity index (χ1v) is 8.16. The maximum Gasteiger partial charge on any atom is 0.291 e. The number of halogens is 3. The summed E-state index contributed by atoms with van der Waals surface area (Å²) in [4.78, 5) is 16.0. The Morgan fingerprint density at radius 2 is 2.04 bits per heavy atom. The number of nitrogens with zero attached hydrogens (tertiary/aromatic N) is 2. The van der Waals surface area contributed by atoms with Crippen LogP contribution in [0.15, 0.2) is 34.9 Å². The lowest BCUT2D eigenvalue weighted by Crippen LogP contribution is -2.21. The smallest absolute Gasteiger partial charge is 0.291 e. The molecule has 0 aliphatic carbocycles. The molecule has 128 valence electrons. The van der Waals surface area contributed by atoms with Crippen LogP contribution in [0.2, 0.25) is 15.2 Å². The van der Waals surface area contributed by atoms with Crippen LogP contribution in [0.4, 0.5) is 5.69 Å². The van der Waals surface area contributed by atoms with Gasteiger partial charge in [0.1, 0.15) is 17.4 Å². The number of anilines is 1. The third-order valence-electron chi connectivity index (χ3n) is 3.34. The number of nitrogens with one attached hydrogen (secondary N) is 1. The second-order valence-electron chi connectivity index (χ2n) is 5.04. The number of hydrazone groups is 1. The van der Waals surface area contributed by atoms with Gasteiger partial charge in [0.05, 0.1) is 16.9 Å². The zero-order chi connectivity index (χ0) is 18.0. The first kappa shape index (κ1) is 17.5. The fourth-order valence-electron chi connectivity index (χ4n) is 2.12. The van der Waals surface area contributed by atoms with Crippen molar-refractivity contribution in [1.29, 1.82) is 0 Å². The molecule has 0 fully saturated rings. The van der Waals surface area contributed by atoms with E-state index in [1.807, 2.05) is 30.3 Å². The summed E-state index contributed by atoms with van der Waals surface area (Å²) in [5.41, 5.74) is 9.53. The summed E-state index contributed by atoms with van der Waals surface area (Å²) < 4.78 is 5.59. The lowest BCUT2D eigenvalue weighted by atomic mass is 10.1.